The highest BCUT2D eigenvalue weighted by atomic mass is 35.5. The second kappa shape index (κ2) is 10.7. The fourth-order valence-corrected chi connectivity index (χ4v) is 2.70. The first-order valence-electron chi connectivity index (χ1n) is 7.30. The summed E-state index contributed by atoms with van der Waals surface area (Å²) in [5, 5.41) is 18.9. The number of hydrogen-bond acceptors (Lipinski definition) is 7. The molecule has 0 fully saturated rings. The molecule has 8 nitrogen and oxygen atoms in total. The molecule has 2 rings (SSSR count). The number of nitrogens with one attached hydrogen (secondary N) is 2. The van der Waals surface area contributed by atoms with Gasteiger partial charge in [-0.15, -0.1) is 23.7 Å². The summed E-state index contributed by atoms with van der Waals surface area (Å²) in [7, 11) is 1.63. The summed E-state index contributed by atoms with van der Waals surface area (Å²) in [6.07, 6.45) is 0. The van der Waals surface area contributed by atoms with Crippen LogP contribution in [0.5, 0.6) is 0 Å². The SMILES string of the molecule is COCCNCCNC(=O)c1csc(-c2ccc([N+](=O)[O-])cc2)n1.Cl. The number of rotatable bonds is 9. The highest BCUT2D eigenvalue weighted by Crippen LogP contribution is 2.25. The number of halogens is 1. The molecule has 0 spiro atoms. The third-order valence-corrected chi connectivity index (χ3v) is 4.02. The van der Waals surface area contributed by atoms with Gasteiger partial charge in [-0.25, -0.2) is 4.98 Å². The van der Waals surface area contributed by atoms with E-state index in [4.69, 9.17) is 4.74 Å². The molecule has 0 unspecified atom stereocenters. The number of amides is 1. The Balaban J connectivity index is 0.00000312. The van der Waals surface area contributed by atoms with E-state index in [2.05, 4.69) is 15.6 Å². The quantitative estimate of drug-likeness (QED) is 0.388. The second-order valence-corrected chi connectivity index (χ2v) is 5.70. The summed E-state index contributed by atoms with van der Waals surface area (Å²) >= 11 is 1.32. The van der Waals surface area contributed by atoms with Crippen LogP contribution < -0.4 is 10.6 Å². The fraction of sp³-hybridized carbons (Fsp3) is 0.333. The molecule has 0 atom stereocenters. The van der Waals surface area contributed by atoms with Crippen molar-refractivity contribution in [3.05, 3.63) is 45.5 Å². The lowest BCUT2D eigenvalue weighted by Gasteiger charge is -2.05. The van der Waals surface area contributed by atoms with Crippen LogP contribution in [0, 0.1) is 10.1 Å². The Labute approximate surface area is 155 Å². The second-order valence-electron chi connectivity index (χ2n) is 4.84. The van der Waals surface area contributed by atoms with E-state index in [0.717, 1.165) is 12.1 Å². The van der Waals surface area contributed by atoms with Crippen LogP contribution in [-0.4, -0.2) is 49.2 Å². The largest absolute Gasteiger partial charge is 0.383 e. The van der Waals surface area contributed by atoms with Crippen LogP contribution in [0.15, 0.2) is 29.6 Å². The summed E-state index contributed by atoms with van der Waals surface area (Å²) in [4.78, 5) is 26.5. The fourth-order valence-electron chi connectivity index (χ4n) is 1.89. The Morgan fingerprint density at radius 1 is 1.28 bits per heavy atom. The summed E-state index contributed by atoms with van der Waals surface area (Å²) in [5.41, 5.74) is 1.10. The lowest BCUT2D eigenvalue weighted by Crippen LogP contribution is -2.33. The van der Waals surface area contributed by atoms with Crippen molar-refractivity contribution in [3.63, 3.8) is 0 Å². The van der Waals surface area contributed by atoms with Gasteiger partial charge in [-0.1, -0.05) is 0 Å². The first-order chi connectivity index (χ1) is 11.6. The van der Waals surface area contributed by atoms with E-state index in [1.165, 1.54) is 23.5 Å². The summed E-state index contributed by atoms with van der Waals surface area (Å²) in [5.74, 6) is -0.243. The Morgan fingerprint density at radius 2 is 2.00 bits per heavy atom. The number of carbonyl (C=O) groups excluding carboxylic acids is 1. The number of ether oxygens (including phenoxy) is 1. The van der Waals surface area contributed by atoms with Crippen molar-refractivity contribution in [1.82, 2.24) is 15.6 Å². The highest BCUT2D eigenvalue weighted by molar-refractivity contribution is 7.13. The number of nitro groups is 1. The minimum absolute atomic E-state index is 0. The van der Waals surface area contributed by atoms with E-state index in [1.807, 2.05) is 0 Å². The molecule has 2 aromatic rings. The molecule has 0 bridgehead atoms. The molecule has 1 aromatic carbocycles. The smallest absolute Gasteiger partial charge is 0.270 e. The molecule has 2 N–H and O–H groups in total. The Kier molecular flexibility index (Phi) is 9.00. The summed E-state index contributed by atoms with van der Waals surface area (Å²) in [6, 6.07) is 6.08. The minimum atomic E-state index is -0.453. The van der Waals surface area contributed by atoms with E-state index in [-0.39, 0.29) is 24.0 Å². The van der Waals surface area contributed by atoms with Crippen LogP contribution in [0.1, 0.15) is 10.5 Å². The van der Waals surface area contributed by atoms with Gasteiger partial charge in [0.1, 0.15) is 10.7 Å². The van der Waals surface area contributed by atoms with Crippen molar-refractivity contribution in [1.29, 1.82) is 0 Å². The van der Waals surface area contributed by atoms with Gasteiger partial charge in [-0.2, -0.15) is 0 Å². The Morgan fingerprint density at radius 3 is 2.64 bits per heavy atom. The molecule has 0 radical (unpaired) electrons. The molecule has 0 aliphatic carbocycles. The molecule has 0 aliphatic rings. The van der Waals surface area contributed by atoms with Crippen LogP contribution in [0.25, 0.3) is 10.6 Å². The third-order valence-electron chi connectivity index (χ3n) is 3.13. The molecular weight excluding hydrogens is 368 g/mol. The molecule has 136 valence electrons. The molecule has 0 aliphatic heterocycles. The van der Waals surface area contributed by atoms with E-state index in [0.29, 0.717) is 30.4 Å². The van der Waals surface area contributed by atoms with Crippen LogP contribution in [0.2, 0.25) is 0 Å². The number of nitro benzene ring substituents is 1. The van der Waals surface area contributed by atoms with Crippen molar-refractivity contribution in [2.24, 2.45) is 0 Å². The van der Waals surface area contributed by atoms with Crippen molar-refractivity contribution in [2.45, 2.75) is 0 Å². The summed E-state index contributed by atoms with van der Waals surface area (Å²) < 4.78 is 4.91. The summed E-state index contributed by atoms with van der Waals surface area (Å²) in [6.45, 7) is 2.49. The van der Waals surface area contributed by atoms with E-state index in [1.54, 1.807) is 24.6 Å². The normalized spacial score (nSPS) is 10.1. The van der Waals surface area contributed by atoms with Crippen LogP contribution in [0.4, 0.5) is 5.69 Å². The van der Waals surface area contributed by atoms with Gasteiger partial charge >= 0.3 is 0 Å². The average molecular weight is 387 g/mol. The first-order valence-corrected chi connectivity index (χ1v) is 8.18. The number of nitrogens with zero attached hydrogens (tertiary/aromatic N) is 2. The first kappa shape index (κ1) is 21.0. The zero-order valence-corrected chi connectivity index (χ0v) is 15.2. The van der Waals surface area contributed by atoms with E-state index >= 15 is 0 Å². The molecule has 1 aromatic heterocycles. The molecule has 0 saturated carbocycles. The van der Waals surface area contributed by atoms with Gasteiger partial charge in [0, 0.05) is 49.8 Å². The van der Waals surface area contributed by atoms with Gasteiger partial charge in [-0.3, -0.25) is 14.9 Å². The molecule has 1 heterocycles. The predicted molar refractivity (Wildman–Crippen MR) is 98.5 cm³/mol. The zero-order chi connectivity index (χ0) is 17.4. The van der Waals surface area contributed by atoms with Crippen molar-refractivity contribution < 1.29 is 14.5 Å². The number of carbonyl (C=O) groups is 1. The molecule has 1 amide bonds. The zero-order valence-electron chi connectivity index (χ0n) is 13.6. The van der Waals surface area contributed by atoms with Crippen LogP contribution in [-0.2, 0) is 4.74 Å². The predicted octanol–water partition coefficient (Wildman–Crippen LogP) is 2.11. The van der Waals surface area contributed by atoms with E-state index in [9.17, 15) is 14.9 Å². The molecule has 0 saturated heterocycles. The maximum absolute atomic E-state index is 12.0. The Hall–Kier alpha value is -2.07. The lowest BCUT2D eigenvalue weighted by atomic mass is 10.2. The molecule has 10 heteroatoms. The average Bonchev–Trinajstić information content (AvgIpc) is 3.08. The number of hydrogen-bond donors (Lipinski definition) is 2. The standard InChI is InChI=1S/C15H18N4O4S.ClH/c1-23-9-8-16-6-7-17-14(20)13-10-24-15(18-13)11-2-4-12(5-3-11)19(21)22;/h2-5,10,16H,6-9H2,1H3,(H,17,20);1H. The third kappa shape index (κ3) is 6.39. The number of aromatic nitrogens is 1. The highest BCUT2D eigenvalue weighted by Gasteiger charge is 2.12. The van der Waals surface area contributed by atoms with Gasteiger partial charge in [-0.05, 0) is 12.1 Å². The Bertz CT molecular complexity index is 693. The van der Waals surface area contributed by atoms with Crippen molar-refractivity contribution >= 4 is 35.3 Å². The van der Waals surface area contributed by atoms with Crippen LogP contribution in [0.3, 0.4) is 0 Å². The topological polar surface area (TPSA) is 106 Å². The van der Waals surface area contributed by atoms with Gasteiger partial charge < -0.3 is 15.4 Å². The van der Waals surface area contributed by atoms with Crippen molar-refractivity contribution in [2.75, 3.05) is 33.4 Å². The maximum Gasteiger partial charge on any atom is 0.270 e. The number of benzene rings is 1. The number of non-ortho nitro benzene ring substituents is 1. The molecular formula is C15H19ClN4O4S. The van der Waals surface area contributed by atoms with Gasteiger partial charge in [0.2, 0.25) is 0 Å². The van der Waals surface area contributed by atoms with Gasteiger partial charge in [0.05, 0.1) is 11.5 Å². The number of methoxy groups -OCH3 is 1. The minimum Gasteiger partial charge on any atom is -0.383 e. The van der Waals surface area contributed by atoms with Gasteiger partial charge in [0.25, 0.3) is 11.6 Å². The van der Waals surface area contributed by atoms with Crippen molar-refractivity contribution in [3.8, 4) is 10.6 Å². The lowest BCUT2D eigenvalue weighted by molar-refractivity contribution is -0.384. The monoisotopic (exact) mass is 386 g/mol. The van der Waals surface area contributed by atoms with E-state index < -0.39 is 4.92 Å². The van der Waals surface area contributed by atoms with Gasteiger partial charge in [0.15, 0.2) is 0 Å². The molecule has 25 heavy (non-hydrogen) atoms. The maximum atomic E-state index is 12.0. The van der Waals surface area contributed by atoms with Crippen LogP contribution >= 0.6 is 23.7 Å². The number of thiazole rings is 1.